The molecular formula is C6H6BrFO. The molecule has 3 heteroatoms. The SMILES string of the molecule is OC1C=CC(F)(Br)C=C1. The Morgan fingerprint density at radius 3 is 2.22 bits per heavy atom. The van der Waals surface area contributed by atoms with Gasteiger partial charge in [-0.2, -0.15) is 0 Å². The summed E-state index contributed by atoms with van der Waals surface area (Å²) in [5.74, 6) is 0. The van der Waals surface area contributed by atoms with Crippen molar-refractivity contribution in [3.8, 4) is 0 Å². The first-order chi connectivity index (χ1) is 4.10. The number of halogens is 2. The van der Waals surface area contributed by atoms with Crippen molar-refractivity contribution in [3.05, 3.63) is 24.3 Å². The second-order valence-electron chi connectivity index (χ2n) is 1.88. The van der Waals surface area contributed by atoms with Crippen LogP contribution in [-0.4, -0.2) is 15.8 Å². The minimum atomic E-state index is -1.55. The van der Waals surface area contributed by atoms with Crippen LogP contribution in [0.5, 0.6) is 0 Å². The second-order valence-corrected chi connectivity index (χ2v) is 3.10. The molecule has 0 heterocycles. The Morgan fingerprint density at radius 2 is 1.89 bits per heavy atom. The fourth-order valence-corrected chi connectivity index (χ4v) is 0.879. The molecule has 0 saturated carbocycles. The van der Waals surface area contributed by atoms with Gasteiger partial charge in [-0.3, -0.25) is 0 Å². The van der Waals surface area contributed by atoms with Crippen LogP contribution in [0.15, 0.2) is 24.3 Å². The van der Waals surface area contributed by atoms with Gasteiger partial charge in [0.15, 0.2) is 0 Å². The molecule has 1 N–H and O–H groups in total. The van der Waals surface area contributed by atoms with E-state index in [4.69, 9.17) is 5.11 Å². The number of alkyl halides is 2. The fourth-order valence-electron chi connectivity index (χ4n) is 0.573. The Hall–Kier alpha value is -0.150. The molecule has 0 radical (unpaired) electrons. The Labute approximate surface area is 61.0 Å². The van der Waals surface area contributed by atoms with Gasteiger partial charge in [0.25, 0.3) is 0 Å². The first-order valence-electron chi connectivity index (χ1n) is 2.55. The number of aliphatic hydroxyl groups excluding tert-OH is 1. The van der Waals surface area contributed by atoms with Crippen molar-refractivity contribution in [2.45, 2.75) is 10.7 Å². The molecule has 1 aliphatic rings. The summed E-state index contributed by atoms with van der Waals surface area (Å²) in [6, 6.07) is 0. The molecule has 9 heavy (non-hydrogen) atoms. The van der Waals surface area contributed by atoms with Gasteiger partial charge < -0.3 is 5.11 Å². The average Bonchev–Trinajstić information content (AvgIpc) is 1.78. The minimum Gasteiger partial charge on any atom is -0.385 e. The molecule has 0 unspecified atom stereocenters. The quantitative estimate of drug-likeness (QED) is 0.456. The smallest absolute Gasteiger partial charge is 0.201 e. The van der Waals surface area contributed by atoms with E-state index >= 15 is 0 Å². The van der Waals surface area contributed by atoms with E-state index in [0.717, 1.165) is 0 Å². The predicted molar refractivity (Wildman–Crippen MR) is 37.1 cm³/mol. The second kappa shape index (κ2) is 2.23. The van der Waals surface area contributed by atoms with Crippen molar-refractivity contribution in [1.29, 1.82) is 0 Å². The number of rotatable bonds is 0. The Kier molecular flexibility index (Phi) is 1.73. The molecule has 0 aromatic carbocycles. The maximum Gasteiger partial charge on any atom is 0.201 e. The van der Waals surface area contributed by atoms with E-state index in [-0.39, 0.29) is 0 Å². The standard InChI is InChI=1S/C6H6BrFO/c7-6(8)3-1-5(9)2-4-6/h1-5,9H. The van der Waals surface area contributed by atoms with Gasteiger partial charge in [0, 0.05) is 0 Å². The van der Waals surface area contributed by atoms with Gasteiger partial charge in [-0.05, 0) is 28.1 Å². The van der Waals surface area contributed by atoms with Crippen molar-refractivity contribution < 1.29 is 9.50 Å². The van der Waals surface area contributed by atoms with E-state index in [1.807, 2.05) is 0 Å². The number of hydrogen-bond acceptors (Lipinski definition) is 1. The van der Waals surface area contributed by atoms with E-state index < -0.39 is 10.7 Å². The maximum atomic E-state index is 12.7. The van der Waals surface area contributed by atoms with Gasteiger partial charge in [0.2, 0.25) is 4.58 Å². The molecule has 0 amide bonds. The lowest BCUT2D eigenvalue weighted by Crippen LogP contribution is -2.12. The van der Waals surface area contributed by atoms with Crippen LogP contribution in [-0.2, 0) is 0 Å². The summed E-state index contributed by atoms with van der Waals surface area (Å²) >= 11 is 2.77. The van der Waals surface area contributed by atoms with Gasteiger partial charge in [-0.1, -0.05) is 12.2 Å². The molecule has 0 fully saturated rings. The van der Waals surface area contributed by atoms with E-state index in [9.17, 15) is 4.39 Å². The summed E-state index contributed by atoms with van der Waals surface area (Å²) < 4.78 is 11.1. The zero-order valence-corrected chi connectivity index (χ0v) is 6.18. The third kappa shape index (κ3) is 1.91. The molecule has 50 valence electrons. The van der Waals surface area contributed by atoms with Crippen LogP contribution in [0, 0.1) is 0 Å². The van der Waals surface area contributed by atoms with Crippen molar-refractivity contribution in [2.75, 3.05) is 0 Å². The van der Waals surface area contributed by atoms with Crippen molar-refractivity contribution in [1.82, 2.24) is 0 Å². The first-order valence-corrected chi connectivity index (χ1v) is 3.34. The van der Waals surface area contributed by atoms with Crippen LogP contribution in [0.3, 0.4) is 0 Å². The third-order valence-corrected chi connectivity index (χ3v) is 1.56. The zero-order chi connectivity index (χ0) is 6.91. The zero-order valence-electron chi connectivity index (χ0n) is 4.59. The first kappa shape index (κ1) is 6.96. The summed E-state index contributed by atoms with van der Waals surface area (Å²) in [5.41, 5.74) is 0. The maximum absolute atomic E-state index is 12.7. The van der Waals surface area contributed by atoms with Crippen molar-refractivity contribution >= 4 is 15.9 Å². The van der Waals surface area contributed by atoms with Crippen LogP contribution in [0.2, 0.25) is 0 Å². The molecule has 1 aliphatic carbocycles. The summed E-state index contributed by atoms with van der Waals surface area (Å²) in [4.78, 5) is 0. The molecule has 0 atom stereocenters. The molecule has 1 rings (SSSR count). The molecule has 0 aliphatic heterocycles. The predicted octanol–water partition coefficient (Wildman–Crippen LogP) is 1.53. The average molecular weight is 193 g/mol. The summed E-state index contributed by atoms with van der Waals surface area (Å²) in [5, 5.41) is 8.78. The van der Waals surface area contributed by atoms with Crippen LogP contribution < -0.4 is 0 Å². The highest BCUT2D eigenvalue weighted by Gasteiger charge is 2.20. The van der Waals surface area contributed by atoms with Crippen LogP contribution in [0.4, 0.5) is 4.39 Å². The van der Waals surface area contributed by atoms with Crippen molar-refractivity contribution in [3.63, 3.8) is 0 Å². The third-order valence-electron chi connectivity index (χ3n) is 1.03. The minimum absolute atomic E-state index is 0.633. The summed E-state index contributed by atoms with van der Waals surface area (Å²) in [7, 11) is 0. The highest BCUT2D eigenvalue weighted by Crippen LogP contribution is 2.26. The molecule has 0 aromatic rings. The van der Waals surface area contributed by atoms with Gasteiger partial charge >= 0.3 is 0 Å². The Balaban J connectivity index is 2.70. The summed E-state index contributed by atoms with van der Waals surface area (Å²) in [6.07, 6.45) is 4.66. The van der Waals surface area contributed by atoms with Gasteiger partial charge in [-0.25, -0.2) is 4.39 Å². The monoisotopic (exact) mass is 192 g/mol. The molecule has 0 bridgehead atoms. The lowest BCUT2D eigenvalue weighted by atomic mass is 10.1. The number of allylic oxidation sites excluding steroid dienone is 2. The van der Waals surface area contributed by atoms with Gasteiger partial charge in [0.05, 0.1) is 6.10 Å². The van der Waals surface area contributed by atoms with E-state index in [1.54, 1.807) is 0 Å². The topological polar surface area (TPSA) is 20.2 Å². The van der Waals surface area contributed by atoms with Crippen LogP contribution in [0.25, 0.3) is 0 Å². The van der Waals surface area contributed by atoms with E-state index in [2.05, 4.69) is 15.9 Å². The highest BCUT2D eigenvalue weighted by molar-refractivity contribution is 9.10. The molecule has 0 aromatic heterocycles. The van der Waals surface area contributed by atoms with Gasteiger partial charge in [-0.15, -0.1) is 0 Å². The lowest BCUT2D eigenvalue weighted by molar-refractivity contribution is 0.264. The summed E-state index contributed by atoms with van der Waals surface area (Å²) in [6.45, 7) is 0. The Bertz CT molecular complexity index is 146. The van der Waals surface area contributed by atoms with Crippen molar-refractivity contribution in [2.24, 2.45) is 0 Å². The van der Waals surface area contributed by atoms with E-state index in [0.29, 0.717) is 0 Å². The van der Waals surface area contributed by atoms with Crippen LogP contribution >= 0.6 is 15.9 Å². The van der Waals surface area contributed by atoms with Gasteiger partial charge in [0.1, 0.15) is 0 Å². The van der Waals surface area contributed by atoms with Crippen LogP contribution in [0.1, 0.15) is 0 Å². The molecule has 0 spiro atoms. The normalized spacial score (nSPS) is 41.4. The molecular weight excluding hydrogens is 187 g/mol. The number of aliphatic hydroxyl groups is 1. The fraction of sp³-hybridized carbons (Fsp3) is 0.333. The van der Waals surface area contributed by atoms with E-state index in [1.165, 1.54) is 24.3 Å². The molecule has 1 nitrogen and oxygen atoms in total. The largest absolute Gasteiger partial charge is 0.385 e. The highest BCUT2D eigenvalue weighted by atomic mass is 79.9. The Morgan fingerprint density at radius 1 is 1.44 bits per heavy atom. The lowest BCUT2D eigenvalue weighted by Gasteiger charge is -2.13. The number of hydrogen-bond donors (Lipinski definition) is 1. The molecule has 0 saturated heterocycles.